The maximum Gasteiger partial charge on any atom is 0.243 e. The lowest BCUT2D eigenvalue weighted by atomic mass is 9.75. The van der Waals surface area contributed by atoms with Gasteiger partial charge in [0.15, 0.2) is 0 Å². The third-order valence-corrected chi connectivity index (χ3v) is 8.36. The number of carbonyl (C=O) groups is 1. The van der Waals surface area contributed by atoms with Crippen LogP contribution in [-0.2, 0) is 21.2 Å². The third kappa shape index (κ3) is 7.78. The van der Waals surface area contributed by atoms with E-state index in [4.69, 9.17) is 10.5 Å². The van der Waals surface area contributed by atoms with Gasteiger partial charge in [0.05, 0.1) is 18.1 Å². The van der Waals surface area contributed by atoms with E-state index in [1.165, 1.54) is 23.5 Å². The number of primary amides is 1. The van der Waals surface area contributed by atoms with Gasteiger partial charge in [-0.15, -0.1) is 0 Å². The highest BCUT2D eigenvalue weighted by Gasteiger charge is 2.38. The summed E-state index contributed by atoms with van der Waals surface area (Å²) >= 11 is 0. The summed E-state index contributed by atoms with van der Waals surface area (Å²) in [4.78, 5) is 12.7. The summed E-state index contributed by atoms with van der Waals surface area (Å²) in [6.07, 6.45) is 0.0391. The van der Waals surface area contributed by atoms with Crippen molar-refractivity contribution in [3.8, 4) is 5.75 Å². The molecule has 1 amide bonds. The number of carbonyl (C=O) groups excluding carboxylic acids is 1. The molecule has 4 atom stereocenters. The van der Waals surface area contributed by atoms with Crippen LogP contribution in [0, 0.1) is 23.7 Å². The van der Waals surface area contributed by atoms with Gasteiger partial charge in [-0.3, -0.25) is 4.79 Å². The number of nitrogens with two attached hydrogens (primary N) is 1. The Morgan fingerprint density at radius 1 is 1.03 bits per heavy atom. The molecule has 0 aromatic heterocycles. The van der Waals surface area contributed by atoms with Gasteiger partial charge in [-0.2, -0.15) is 4.31 Å². The van der Waals surface area contributed by atoms with Crippen molar-refractivity contribution in [1.29, 1.82) is 0 Å². The van der Waals surface area contributed by atoms with Gasteiger partial charge < -0.3 is 15.6 Å². The van der Waals surface area contributed by atoms with E-state index in [1.807, 2.05) is 58.0 Å². The number of amides is 1. The minimum atomic E-state index is -3.89. The summed E-state index contributed by atoms with van der Waals surface area (Å²) in [7, 11) is -2.37. The zero-order valence-electron chi connectivity index (χ0n) is 21.4. The molecule has 0 aliphatic carbocycles. The van der Waals surface area contributed by atoms with Gasteiger partial charge >= 0.3 is 0 Å². The maximum atomic E-state index is 13.6. The zero-order valence-corrected chi connectivity index (χ0v) is 22.2. The summed E-state index contributed by atoms with van der Waals surface area (Å²) < 4.78 is 33.6. The maximum absolute atomic E-state index is 13.6. The molecule has 0 bridgehead atoms. The van der Waals surface area contributed by atoms with Crippen molar-refractivity contribution in [3.63, 3.8) is 0 Å². The van der Waals surface area contributed by atoms with E-state index in [9.17, 15) is 18.3 Å². The molecule has 2 unspecified atom stereocenters. The van der Waals surface area contributed by atoms with Crippen LogP contribution in [0.1, 0.15) is 39.7 Å². The lowest BCUT2D eigenvalue weighted by Crippen LogP contribution is -2.47. The highest BCUT2D eigenvalue weighted by molar-refractivity contribution is 7.89. The fraction of sp³-hybridized carbons (Fsp3) is 0.519. The molecule has 0 aliphatic rings. The average Bonchev–Trinajstić information content (AvgIpc) is 2.83. The van der Waals surface area contributed by atoms with Crippen molar-refractivity contribution in [2.75, 3.05) is 20.2 Å². The quantitative estimate of drug-likeness (QED) is 0.408. The monoisotopic (exact) mass is 504 g/mol. The molecular weight excluding hydrogens is 464 g/mol. The van der Waals surface area contributed by atoms with Gasteiger partial charge in [0.1, 0.15) is 5.75 Å². The predicted molar refractivity (Wildman–Crippen MR) is 138 cm³/mol. The molecule has 0 fully saturated rings. The SMILES string of the molecule is CCC(C)C(C(N)=O)[C@H](Cc1ccccc1)[C@@H](O)CN(CC(C)C)S(=O)(=O)c1ccc(OC)cc1. The van der Waals surface area contributed by atoms with Crippen molar-refractivity contribution in [1.82, 2.24) is 4.31 Å². The fourth-order valence-corrected chi connectivity index (χ4v) is 6.10. The van der Waals surface area contributed by atoms with Crippen LogP contribution in [0.25, 0.3) is 0 Å². The van der Waals surface area contributed by atoms with E-state index in [2.05, 4.69) is 0 Å². The number of hydrogen-bond acceptors (Lipinski definition) is 5. The number of benzene rings is 2. The lowest BCUT2D eigenvalue weighted by molar-refractivity contribution is -0.127. The molecule has 2 aromatic rings. The molecule has 0 spiro atoms. The first-order valence-electron chi connectivity index (χ1n) is 12.2. The Balaban J connectivity index is 2.43. The summed E-state index contributed by atoms with van der Waals surface area (Å²) in [5, 5.41) is 11.5. The van der Waals surface area contributed by atoms with Crippen LogP contribution in [0.15, 0.2) is 59.5 Å². The fourth-order valence-electron chi connectivity index (χ4n) is 4.47. The van der Waals surface area contributed by atoms with Gasteiger partial charge in [0.25, 0.3) is 0 Å². The Hall–Kier alpha value is -2.42. The van der Waals surface area contributed by atoms with Gasteiger partial charge in [-0.25, -0.2) is 8.42 Å². The molecule has 35 heavy (non-hydrogen) atoms. The van der Waals surface area contributed by atoms with Gasteiger partial charge in [0, 0.05) is 24.9 Å². The van der Waals surface area contributed by atoms with E-state index in [0.717, 1.165) is 5.56 Å². The Morgan fingerprint density at radius 3 is 2.11 bits per heavy atom. The smallest absolute Gasteiger partial charge is 0.243 e. The Morgan fingerprint density at radius 2 is 1.63 bits per heavy atom. The molecular formula is C27H40N2O5S. The summed E-state index contributed by atoms with van der Waals surface area (Å²) in [5.74, 6) is -1.09. The van der Waals surface area contributed by atoms with Crippen molar-refractivity contribution < 1.29 is 23.1 Å². The minimum absolute atomic E-state index is 0.0318. The molecule has 0 radical (unpaired) electrons. The van der Waals surface area contributed by atoms with Crippen LogP contribution in [0.5, 0.6) is 5.75 Å². The Bertz CT molecular complexity index is 1030. The molecule has 2 rings (SSSR count). The number of aliphatic hydroxyl groups excluding tert-OH is 1. The van der Waals surface area contributed by atoms with Crippen molar-refractivity contribution in [2.45, 2.75) is 51.5 Å². The second-order valence-corrected chi connectivity index (χ2v) is 11.6. The molecule has 7 nitrogen and oxygen atoms in total. The number of hydrogen-bond donors (Lipinski definition) is 2. The first kappa shape index (κ1) is 28.8. The molecule has 3 N–H and O–H groups in total. The number of methoxy groups -OCH3 is 1. The van der Waals surface area contributed by atoms with Crippen LogP contribution in [0.4, 0.5) is 0 Å². The Labute approximate surface area is 210 Å². The van der Waals surface area contributed by atoms with Crippen molar-refractivity contribution in [2.24, 2.45) is 29.4 Å². The molecule has 0 heterocycles. The normalized spacial score (nSPS) is 15.5. The molecule has 0 aliphatic heterocycles. The lowest BCUT2D eigenvalue weighted by Gasteiger charge is -2.35. The molecule has 0 saturated carbocycles. The average molecular weight is 505 g/mol. The molecule has 8 heteroatoms. The van der Waals surface area contributed by atoms with Gasteiger partial charge in [0.2, 0.25) is 15.9 Å². The number of sulfonamides is 1. The van der Waals surface area contributed by atoms with Crippen LogP contribution in [0.3, 0.4) is 0 Å². The summed E-state index contributed by atoms with van der Waals surface area (Å²) in [6.45, 7) is 7.87. The van der Waals surface area contributed by atoms with Crippen LogP contribution in [0.2, 0.25) is 0 Å². The number of nitrogens with zero attached hydrogens (tertiary/aromatic N) is 1. The van der Waals surface area contributed by atoms with E-state index in [-0.39, 0.29) is 29.8 Å². The highest BCUT2D eigenvalue weighted by Crippen LogP contribution is 2.31. The van der Waals surface area contributed by atoms with E-state index >= 15 is 0 Å². The number of aliphatic hydroxyl groups is 1. The number of rotatable bonds is 14. The second-order valence-electron chi connectivity index (χ2n) is 9.63. The minimum Gasteiger partial charge on any atom is -0.497 e. The molecule has 2 aromatic carbocycles. The zero-order chi connectivity index (χ0) is 26.2. The van der Waals surface area contributed by atoms with Crippen molar-refractivity contribution >= 4 is 15.9 Å². The van der Waals surface area contributed by atoms with E-state index in [1.54, 1.807) is 12.1 Å². The first-order valence-corrected chi connectivity index (χ1v) is 13.6. The topological polar surface area (TPSA) is 110 Å². The van der Waals surface area contributed by atoms with Crippen molar-refractivity contribution in [3.05, 3.63) is 60.2 Å². The molecule has 194 valence electrons. The van der Waals surface area contributed by atoms with Crippen LogP contribution < -0.4 is 10.5 Å². The standard InChI is InChI=1S/C27H40N2O5S/c1-6-20(4)26(27(28)31)24(16-21-10-8-7-9-11-21)25(30)18-29(17-19(2)3)35(32,33)23-14-12-22(34-5)13-15-23/h7-15,19-20,24-26,30H,6,16-18H2,1-5H3,(H2,28,31)/t20?,24-,25+,26?/m1/s1. The first-order chi connectivity index (χ1) is 16.5. The second kappa shape index (κ2) is 13.0. The van der Waals surface area contributed by atoms with Crippen LogP contribution in [-0.4, -0.2) is 50.0 Å². The highest BCUT2D eigenvalue weighted by atomic mass is 32.2. The predicted octanol–water partition coefficient (Wildman–Crippen LogP) is 3.71. The Kier molecular flexibility index (Phi) is 10.7. The van der Waals surface area contributed by atoms with Gasteiger partial charge in [-0.1, -0.05) is 64.4 Å². The summed E-state index contributed by atoms with van der Waals surface area (Å²) in [6, 6.07) is 15.8. The van der Waals surface area contributed by atoms with Crippen LogP contribution >= 0.6 is 0 Å². The van der Waals surface area contributed by atoms with E-state index < -0.39 is 33.9 Å². The number of ether oxygens (including phenoxy) is 1. The van der Waals surface area contributed by atoms with E-state index in [0.29, 0.717) is 18.6 Å². The third-order valence-electron chi connectivity index (χ3n) is 6.51. The summed E-state index contributed by atoms with van der Waals surface area (Å²) in [5.41, 5.74) is 6.79. The largest absolute Gasteiger partial charge is 0.497 e. The van der Waals surface area contributed by atoms with Gasteiger partial charge in [-0.05, 0) is 48.1 Å². The molecule has 0 saturated heterocycles.